The second-order valence-electron chi connectivity index (χ2n) is 3.22. The average molecular weight is 283 g/mol. The Morgan fingerprint density at radius 1 is 1.41 bits per heavy atom. The fourth-order valence-electron chi connectivity index (χ4n) is 1.29. The summed E-state index contributed by atoms with van der Waals surface area (Å²) in [7, 11) is 1.36. The maximum absolute atomic E-state index is 12.2. The van der Waals surface area contributed by atoms with Gasteiger partial charge in [0.15, 0.2) is 0 Å². The smallest absolute Gasteiger partial charge is 0.393 e. The third kappa shape index (κ3) is 2.78. The molecular weight excluding hydrogens is 277 g/mol. The highest BCUT2D eigenvalue weighted by atomic mass is 35.5. The zero-order valence-electron chi connectivity index (χ0n) is 8.51. The van der Waals surface area contributed by atoms with Crippen molar-refractivity contribution in [3.05, 3.63) is 16.1 Å². The van der Waals surface area contributed by atoms with Crippen molar-refractivity contribution in [2.24, 2.45) is 0 Å². The number of methoxy groups -OCH3 is 1. The van der Waals surface area contributed by atoms with Gasteiger partial charge in [0, 0.05) is 10.3 Å². The number of aromatic nitrogens is 2. The minimum Gasteiger partial charge on any atom is -0.467 e. The molecule has 2 aromatic rings. The van der Waals surface area contributed by atoms with Crippen LogP contribution < -0.4 is 4.74 Å². The molecule has 0 radical (unpaired) electrons. The zero-order valence-corrected chi connectivity index (χ0v) is 10.1. The van der Waals surface area contributed by atoms with E-state index >= 15 is 0 Å². The van der Waals surface area contributed by atoms with Crippen LogP contribution in [0.2, 0.25) is 5.15 Å². The van der Waals surface area contributed by atoms with E-state index in [0.29, 0.717) is 10.2 Å². The van der Waals surface area contributed by atoms with Crippen LogP contribution in [-0.4, -0.2) is 23.3 Å². The Bertz CT molecular complexity index is 555. The van der Waals surface area contributed by atoms with E-state index < -0.39 is 12.6 Å². The first kappa shape index (κ1) is 12.4. The minimum atomic E-state index is -4.25. The molecule has 0 aliphatic rings. The zero-order chi connectivity index (χ0) is 12.6. The van der Waals surface area contributed by atoms with E-state index in [4.69, 9.17) is 16.3 Å². The molecule has 17 heavy (non-hydrogen) atoms. The third-order valence-electron chi connectivity index (χ3n) is 1.93. The molecule has 2 aromatic heterocycles. The van der Waals surface area contributed by atoms with Crippen molar-refractivity contribution in [2.45, 2.75) is 12.6 Å². The molecule has 0 saturated carbocycles. The molecule has 2 rings (SSSR count). The summed E-state index contributed by atoms with van der Waals surface area (Å²) in [6.07, 6.45) is -5.24. The number of thiophene rings is 1. The number of nitrogens with zero attached hydrogens (tertiary/aromatic N) is 2. The van der Waals surface area contributed by atoms with E-state index in [-0.39, 0.29) is 16.0 Å². The Labute approximate surface area is 103 Å². The van der Waals surface area contributed by atoms with Gasteiger partial charge in [-0.1, -0.05) is 11.6 Å². The van der Waals surface area contributed by atoms with E-state index in [9.17, 15) is 13.2 Å². The van der Waals surface area contributed by atoms with Gasteiger partial charge in [0.2, 0.25) is 0 Å². The molecule has 8 heteroatoms. The fourth-order valence-corrected chi connectivity index (χ4v) is 2.62. The average Bonchev–Trinajstić information content (AvgIpc) is 2.57. The van der Waals surface area contributed by atoms with E-state index in [1.807, 2.05) is 0 Å². The summed E-state index contributed by atoms with van der Waals surface area (Å²) in [5, 5.41) is 0.508. The first-order chi connectivity index (χ1) is 7.89. The van der Waals surface area contributed by atoms with Gasteiger partial charge in [-0.15, -0.1) is 11.3 Å². The normalized spacial score (nSPS) is 12.1. The highest BCUT2D eigenvalue weighted by Gasteiger charge is 2.29. The number of ether oxygens (including phenoxy) is 1. The van der Waals surface area contributed by atoms with Crippen LogP contribution in [0.1, 0.15) is 4.88 Å². The quantitative estimate of drug-likeness (QED) is 0.791. The lowest BCUT2D eigenvalue weighted by Crippen LogP contribution is -2.09. The van der Waals surface area contributed by atoms with Gasteiger partial charge in [0.05, 0.1) is 13.5 Å². The molecule has 0 aliphatic carbocycles. The molecule has 0 bridgehead atoms. The summed E-state index contributed by atoms with van der Waals surface area (Å²) in [4.78, 5) is 8.27. The lowest BCUT2D eigenvalue weighted by Gasteiger charge is -2.01. The molecule has 0 aliphatic heterocycles. The standard InChI is InChI=1S/C9H6ClF3N2OS/c1-16-8-14-6(10)5-2-4(3-9(11,12)13)17-7(5)15-8/h2H,3H2,1H3. The van der Waals surface area contributed by atoms with Crippen molar-refractivity contribution in [1.82, 2.24) is 9.97 Å². The molecule has 0 aromatic carbocycles. The van der Waals surface area contributed by atoms with Crippen molar-refractivity contribution >= 4 is 33.2 Å². The van der Waals surface area contributed by atoms with Gasteiger partial charge in [-0.2, -0.15) is 23.1 Å². The van der Waals surface area contributed by atoms with Gasteiger partial charge >= 0.3 is 12.2 Å². The Balaban J connectivity index is 2.46. The second kappa shape index (κ2) is 4.30. The summed E-state index contributed by atoms with van der Waals surface area (Å²) in [5.41, 5.74) is 0. The second-order valence-corrected chi connectivity index (χ2v) is 4.70. The number of hydrogen-bond acceptors (Lipinski definition) is 4. The number of fused-ring (bicyclic) bond motifs is 1. The van der Waals surface area contributed by atoms with E-state index in [2.05, 4.69) is 9.97 Å². The molecule has 0 saturated heterocycles. The molecule has 0 N–H and O–H groups in total. The molecule has 0 amide bonds. The van der Waals surface area contributed by atoms with Gasteiger partial charge in [-0.3, -0.25) is 0 Å². The molecule has 0 unspecified atom stereocenters. The number of halogens is 4. The molecular formula is C9H6ClF3N2OS. The van der Waals surface area contributed by atoms with Gasteiger partial charge in [0.25, 0.3) is 0 Å². The van der Waals surface area contributed by atoms with Crippen LogP contribution in [0.15, 0.2) is 6.07 Å². The Morgan fingerprint density at radius 3 is 2.71 bits per heavy atom. The lowest BCUT2D eigenvalue weighted by molar-refractivity contribution is -0.126. The fraction of sp³-hybridized carbons (Fsp3) is 0.333. The van der Waals surface area contributed by atoms with Crippen LogP contribution in [0.3, 0.4) is 0 Å². The first-order valence-electron chi connectivity index (χ1n) is 4.46. The van der Waals surface area contributed by atoms with Crippen LogP contribution in [0.25, 0.3) is 10.2 Å². The molecule has 0 fully saturated rings. The maximum atomic E-state index is 12.2. The Kier molecular flexibility index (Phi) is 3.13. The predicted octanol–water partition coefficient (Wildman–Crippen LogP) is 3.46. The van der Waals surface area contributed by atoms with Crippen molar-refractivity contribution in [1.29, 1.82) is 0 Å². The van der Waals surface area contributed by atoms with Gasteiger partial charge in [-0.25, -0.2) is 0 Å². The summed E-state index contributed by atoms with van der Waals surface area (Å²) in [5.74, 6) is 0. The SMILES string of the molecule is COc1nc(Cl)c2cc(CC(F)(F)F)sc2n1. The van der Waals surface area contributed by atoms with Gasteiger partial charge < -0.3 is 4.74 Å². The van der Waals surface area contributed by atoms with Crippen molar-refractivity contribution in [2.75, 3.05) is 7.11 Å². The van der Waals surface area contributed by atoms with Crippen molar-refractivity contribution in [3.8, 4) is 6.01 Å². The topological polar surface area (TPSA) is 35.0 Å². The maximum Gasteiger partial charge on any atom is 0.393 e. The molecule has 0 spiro atoms. The molecule has 92 valence electrons. The monoisotopic (exact) mass is 282 g/mol. The summed E-state index contributed by atoms with van der Waals surface area (Å²) in [6.45, 7) is 0. The minimum absolute atomic E-state index is 0.0444. The van der Waals surface area contributed by atoms with Crippen molar-refractivity contribution < 1.29 is 17.9 Å². The van der Waals surface area contributed by atoms with Crippen LogP contribution in [0.4, 0.5) is 13.2 Å². The molecule has 0 atom stereocenters. The van der Waals surface area contributed by atoms with Gasteiger partial charge in [-0.05, 0) is 6.07 Å². The molecule has 2 heterocycles. The number of rotatable bonds is 2. The highest BCUT2D eigenvalue weighted by Crippen LogP contribution is 2.33. The summed E-state index contributed by atoms with van der Waals surface area (Å²) in [6, 6.07) is 1.40. The highest BCUT2D eigenvalue weighted by molar-refractivity contribution is 7.18. The Morgan fingerprint density at radius 2 is 2.12 bits per heavy atom. The number of alkyl halides is 3. The van der Waals surface area contributed by atoms with E-state index in [1.165, 1.54) is 13.2 Å². The summed E-state index contributed by atoms with van der Waals surface area (Å²) < 4.78 is 41.5. The van der Waals surface area contributed by atoms with Gasteiger partial charge in [0.1, 0.15) is 9.98 Å². The van der Waals surface area contributed by atoms with Crippen LogP contribution in [0, 0.1) is 0 Å². The van der Waals surface area contributed by atoms with E-state index in [1.54, 1.807) is 0 Å². The van der Waals surface area contributed by atoms with Crippen molar-refractivity contribution in [3.63, 3.8) is 0 Å². The van der Waals surface area contributed by atoms with Crippen LogP contribution in [0.5, 0.6) is 6.01 Å². The predicted molar refractivity (Wildman–Crippen MR) is 58.7 cm³/mol. The first-order valence-corrected chi connectivity index (χ1v) is 5.65. The van der Waals surface area contributed by atoms with E-state index in [0.717, 1.165) is 11.3 Å². The number of hydrogen-bond donors (Lipinski definition) is 0. The lowest BCUT2D eigenvalue weighted by atomic mass is 10.3. The molecule has 3 nitrogen and oxygen atoms in total. The Hall–Kier alpha value is -1.08. The third-order valence-corrected chi connectivity index (χ3v) is 3.25. The van der Waals surface area contributed by atoms with Crippen LogP contribution >= 0.6 is 22.9 Å². The van der Waals surface area contributed by atoms with Crippen LogP contribution in [-0.2, 0) is 6.42 Å². The largest absolute Gasteiger partial charge is 0.467 e. The summed E-state index contributed by atoms with van der Waals surface area (Å²) >= 11 is 6.75.